The molecular weight excluding hydrogens is 250 g/mol. The van der Waals surface area contributed by atoms with E-state index in [4.69, 9.17) is 9.47 Å². The summed E-state index contributed by atoms with van der Waals surface area (Å²) in [5.74, 6) is 1.65. The molecule has 0 aliphatic carbocycles. The molecule has 0 amide bonds. The predicted octanol–water partition coefficient (Wildman–Crippen LogP) is 3.23. The number of rotatable bonds is 6. The molecule has 2 rings (SSSR count). The molecular formula is C17H33NO2. The van der Waals surface area contributed by atoms with E-state index in [2.05, 4.69) is 26.1 Å². The van der Waals surface area contributed by atoms with E-state index in [0.29, 0.717) is 11.5 Å². The Kier molecular flexibility index (Phi) is 6.31. The second-order valence-electron chi connectivity index (χ2n) is 7.54. The van der Waals surface area contributed by atoms with Gasteiger partial charge < -0.3 is 14.8 Å². The van der Waals surface area contributed by atoms with Crippen LogP contribution in [0, 0.1) is 17.3 Å². The van der Waals surface area contributed by atoms with Gasteiger partial charge in [-0.05, 0) is 56.3 Å². The second kappa shape index (κ2) is 7.77. The highest BCUT2D eigenvalue weighted by atomic mass is 16.5. The van der Waals surface area contributed by atoms with Gasteiger partial charge in [0.05, 0.1) is 0 Å². The topological polar surface area (TPSA) is 30.5 Å². The van der Waals surface area contributed by atoms with Gasteiger partial charge in [-0.25, -0.2) is 0 Å². The van der Waals surface area contributed by atoms with Crippen LogP contribution in [-0.2, 0) is 9.47 Å². The summed E-state index contributed by atoms with van der Waals surface area (Å²) < 4.78 is 10.9. The molecule has 0 bridgehead atoms. The summed E-state index contributed by atoms with van der Waals surface area (Å²) in [5.41, 5.74) is 0.390. The minimum Gasteiger partial charge on any atom is -0.381 e. The highest BCUT2D eigenvalue weighted by Crippen LogP contribution is 2.31. The fraction of sp³-hybridized carbons (Fsp3) is 1.00. The van der Waals surface area contributed by atoms with Crippen LogP contribution < -0.4 is 5.32 Å². The Balaban J connectivity index is 1.70. The maximum Gasteiger partial charge on any atom is 0.0469 e. The molecule has 2 fully saturated rings. The van der Waals surface area contributed by atoms with Crippen molar-refractivity contribution in [2.24, 2.45) is 17.3 Å². The first-order valence-corrected chi connectivity index (χ1v) is 8.46. The van der Waals surface area contributed by atoms with Crippen LogP contribution in [0.2, 0.25) is 0 Å². The summed E-state index contributed by atoms with van der Waals surface area (Å²) in [6, 6.07) is 0.618. The van der Waals surface area contributed by atoms with Crippen LogP contribution in [0.1, 0.15) is 52.9 Å². The van der Waals surface area contributed by atoms with Gasteiger partial charge in [-0.3, -0.25) is 0 Å². The SMILES string of the molecule is CC(NCC(C)(C)CC1CCOCC1)C1CCOCC1. The zero-order valence-corrected chi connectivity index (χ0v) is 13.6. The van der Waals surface area contributed by atoms with E-state index in [1.165, 1.54) is 32.1 Å². The molecule has 2 saturated heterocycles. The van der Waals surface area contributed by atoms with Crippen molar-refractivity contribution in [2.45, 2.75) is 58.9 Å². The fourth-order valence-electron chi connectivity index (χ4n) is 3.62. The lowest BCUT2D eigenvalue weighted by Gasteiger charge is -2.35. The van der Waals surface area contributed by atoms with Gasteiger partial charge in [0.25, 0.3) is 0 Å². The van der Waals surface area contributed by atoms with E-state index in [-0.39, 0.29) is 0 Å². The van der Waals surface area contributed by atoms with Crippen molar-refractivity contribution in [3.8, 4) is 0 Å². The second-order valence-corrected chi connectivity index (χ2v) is 7.54. The molecule has 118 valence electrons. The number of hydrogen-bond acceptors (Lipinski definition) is 3. The van der Waals surface area contributed by atoms with Gasteiger partial charge in [0.2, 0.25) is 0 Å². The zero-order chi connectivity index (χ0) is 14.4. The van der Waals surface area contributed by atoms with Crippen LogP contribution >= 0.6 is 0 Å². The largest absolute Gasteiger partial charge is 0.381 e. The van der Waals surface area contributed by atoms with Crippen molar-refractivity contribution in [3.63, 3.8) is 0 Å². The van der Waals surface area contributed by atoms with Crippen molar-refractivity contribution < 1.29 is 9.47 Å². The first kappa shape index (κ1) is 16.3. The van der Waals surface area contributed by atoms with E-state index in [1.54, 1.807) is 0 Å². The molecule has 3 heteroatoms. The molecule has 3 nitrogen and oxygen atoms in total. The minimum absolute atomic E-state index is 0.390. The molecule has 2 heterocycles. The van der Waals surface area contributed by atoms with Gasteiger partial charge in [0.15, 0.2) is 0 Å². The summed E-state index contributed by atoms with van der Waals surface area (Å²) in [7, 11) is 0. The van der Waals surface area contributed by atoms with Crippen molar-refractivity contribution >= 4 is 0 Å². The van der Waals surface area contributed by atoms with E-state index in [0.717, 1.165) is 44.8 Å². The molecule has 2 aliphatic heterocycles. The molecule has 0 radical (unpaired) electrons. The lowest BCUT2D eigenvalue weighted by molar-refractivity contribution is 0.0460. The van der Waals surface area contributed by atoms with Crippen LogP contribution in [0.3, 0.4) is 0 Å². The molecule has 1 atom stereocenters. The van der Waals surface area contributed by atoms with Crippen molar-refractivity contribution in [1.82, 2.24) is 5.32 Å². The normalized spacial score (nSPS) is 24.8. The minimum atomic E-state index is 0.390. The quantitative estimate of drug-likeness (QED) is 0.812. The van der Waals surface area contributed by atoms with Crippen LogP contribution in [0.4, 0.5) is 0 Å². The van der Waals surface area contributed by atoms with E-state index in [1.807, 2.05) is 0 Å². The zero-order valence-electron chi connectivity index (χ0n) is 13.6. The third-order valence-electron chi connectivity index (χ3n) is 5.06. The Bertz CT molecular complexity index is 268. The number of ether oxygens (including phenoxy) is 2. The lowest BCUT2D eigenvalue weighted by atomic mass is 9.79. The third-order valence-corrected chi connectivity index (χ3v) is 5.06. The molecule has 20 heavy (non-hydrogen) atoms. The van der Waals surface area contributed by atoms with Crippen molar-refractivity contribution in [1.29, 1.82) is 0 Å². The average Bonchev–Trinajstić information content (AvgIpc) is 2.46. The summed E-state index contributed by atoms with van der Waals surface area (Å²) in [5, 5.41) is 3.80. The first-order valence-electron chi connectivity index (χ1n) is 8.46. The van der Waals surface area contributed by atoms with E-state index >= 15 is 0 Å². The summed E-state index contributed by atoms with van der Waals surface area (Å²) >= 11 is 0. The summed E-state index contributed by atoms with van der Waals surface area (Å²) in [4.78, 5) is 0. The highest BCUT2D eigenvalue weighted by Gasteiger charge is 2.27. The standard InChI is InChI=1S/C17H33NO2/c1-14(16-6-10-20-11-7-16)18-13-17(2,3)12-15-4-8-19-9-5-15/h14-16,18H,4-13H2,1-3H3. The van der Waals surface area contributed by atoms with E-state index < -0.39 is 0 Å². The van der Waals surface area contributed by atoms with Gasteiger partial charge in [0, 0.05) is 39.0 Å². The molecule has 0 aromatic rings. The molecule has 0 saturated carbocycles. The lowest BCUT2D eigenvalue weighted by Crippen LogP contribution is -2.42. The van der Waals surface area contributed by atoms with Gasteiger partial charge >= 0.3 is 0 Å². The smallest absolute Gasteiger partial charge is 0.0469 e. The van der Waals surface area contributed by atoms with Crippen molar-refractivity contribution in [3.05, 3.63) is 0 Å². The third kappa shape index (κ3) is 5.34. The maximum absolute atomic E-state index is 5.46. The Labute approximate surface area is 124 Å². The molecule has 0 spiro atoms. The Morgan fingerprint density at radius 1 is 1.00 bits per heavy atom. The van der Waals surface area contributed by atoms with Crippen molar-refractivity contribution in [2.75, 3.05) is 33.0 Å². The van der Waals surface area contributed by atoms with Gasteiger partial charge in [-0.1, -0.05) is 13.8 Å². The Morgan fingerprint density at radius 2 is 1.55 bits per heavy atom. The van der Waals surface area contributed by atoms with Crippen LogP contribution in [0.15, 0.2) is 0 Å². The van der Waals surface area contributed by atoms with Gasteiger partial charge in [0.1, 0.15) is 0 Å². The van der Waals surface area contributed by atoms with Crippen LogP contribution in [-0.4, -0.2) is 39.0 Å². The number of hydrogen-bond donors (Lipinski definition) is 1. The molecule has 0 aromatic carbocycles. The molecule has 0 aromatic heterocycles. The maximum atomic E-state index is 5.46. The first-order chi connectivity index (χ1) is 9.57. The molecule has 2 aliphatic rings. The molecule has 1 unspecified atom stereocenters. The average molecular weight is 283 g/mol. The predicted molar refractivity (Wildman–Crippen MR) is 82.9 cm³/mol. The monoisotopic (exact) mass is 283 g/mol. The van der Waals surface area contributed by atoms with Crippen LogP contribution in [0.5, 0.6) is 0 Å². The number of nitrogens with one attached hydrogen (secondary N) is 1. The Hall–Kier alpha value is -0.120. The highest BCUT2D eigenvalue weighted by molar-refractivity contribution is 4.81. The summed E-state index contributed by atoms with van der Waals surface area (Å²) in [6.07, 6.45) is 6.25. The molecule has 1 N–H and O–H groups in total. The summed E-state index contributed by atoms with van der Waals surface area (Å²) in [6.45, 7) is 12.1. The fourth-order valence-corrected chi connectivity index (χ4v) is 3.62. The van der Waals surface area contributed by atoms with Gasteiger partial charge in [-0.2, -0.15) is 0 Å². The Morgan fingerprint density at radius 3 is 2.15 bits per heavy atom. The van der Waals surface area contributed by atoms with Gasteiger partial charge in [-0.15, -0.1) is 0 Å². The van der Waals surface area contributed by atoms with E-state index in [9.17, 15) is 0 Å². The van der Waals surface area contributed by atoms with Crippen LogP contribution in [0.25, 0.3) is 0 Å².